The molecular weight excluding hydrogens is 325 g/mol. The Bertz CT molecular complexity index is 480. The van der Waals surface area contributed by atoms with Crippen LogP contribution in [0.2, 0.25) is 19.6 Å². The second kappa shape index (κ2) is 4.44. The standard InChI is InChI=1S/C12H21BBrNO3Si/c1-11(2)12(3,4)18-13(17-11)8-9(14)15-16-10(8)19(5,6)7/h1-7H3. The summed E-state index contributed by atoms with van der Waals surface area (Å²) in [5.74, 6) is 0. The van der Waals surface area contributed by atoms with E-state index >= 15 is 0 Å². The Labute approximate surface area is 124 Å². The fourth-order valence-corrected chi connectivity index (χ4v) is 3.97. The van der Waals surface area contributed by atoms with Gasteiger partial charge in [0.15, 0.2) is 0 Å². The molecule has 1 aromatic heterocycles. The zero-order chi connectivity index (χ0) is 14.6. The van der Waals surface area contributed by atoms with Gasteiger partial charge in [-0.1, -0.05) is 24.8 Å². The lowest BCUT2D eigenvalue weighted by Gasteiger charge is -2.32. The van der Waals surface area contributed by atoms with Gasteiger partial charge in [-0.2, -0.15) is 0 Å². The van der Waals surface area contributed by atoms with Crippen molar-refractivity contribution in [2.24, 2.45) is 0 Å². The molecule has 0 aromatic carbocycles. The van der Waals surface area contributed by atoms with Gasteiger partial charge in [0.1, 0.15) is 18.1 Å². The Morgan fingerprint density at radius 3 is 1.95 bits per heavy atom. The maximum atomic E-state index is 6.10. The van der Waals surface area contributed by atoms with E-state index in [2.05, 4.69) is 40.7 Å². The average molecular weight is 346 g/mol. The molecule has 2 heterocycles. The summed E-state index contributed by atoms with van der Waals surface area (Å²) in [6, 6.07) is 0. The van der Waals surface area contributed by atoms with Gasteiger partial charge in [0, 0.05) is 0 Å². The summed E-state index contributed by atoms with van der Waals surface area (Å²) >= 11 is 3.45. The molecule has 0 bridgehead atoms. The first kappa shape index (κ1) is 15.3. The van der Waals surface area contributed by atoms with Gasteiger partial charge in [-0.15, -0.1) is 0 Å². The topological polar surface area (TPSA) is 44.5 Å². The Morgan fingerprint density at radius 2 is 1.53 bits per heavy atom. The molecule has 1 saturated heterocycles. The van der Waals surface area contributed by atoms with Gasteiger partial charge in [0.2, 0.25) is 0 Å². The fourth-order valence-electron chi connectivity index (χ4n) is 1.98. The summed E-state index contributed by atoms with van der Waals surface area (Å²) in [5.41, 5.74) is 0.203. The van der Waals surface area contributed by atoms with Crippen molar-refractivity contribution in [1.82, 2.24) is 5.16 Å². The summed E-state index contributed by atoms with van der Waals surface area (Å²) in [7, 11) is -2.06. The molecule has 1 aromatic rings. The molecule has 1 aliphatic rings. The first-order valence-electron chi connectivity index (χ1n) is 6.47. The first-order valence-corrected chi connectivity index (χ1v) is 10.8. The number of aromatic nitrogens is 1. The largest absolute Gasteiger partial charge is 0.500 e. The van der Waals surface area contributed by atoms with E-state index in [0.29, 0.717) is 4.60 Å². The number of rotatable bonds is 2. The second-order valence-electron chi connectivity index (χ2n) is 7.05. The summed E-state index contributed by atoms with van der Waals surface area (Å²) in [4.78, 5) is 0. The quantitative estimate of drug-likeness (QED) is 0.771. The Balaban J connectivity index is 2.43. The van der Waals surface area contributed by atoms with Crippen LogP contribution in [-0.4, -0.2) is 31.6 Å². The first-order chi connectivity index (χ1) is 8.46. The summed E-state index contributed by atoms with van der Waals surface area (Å²) in [6.07, 6.45) is 0. The van der Waals surface area contributed by atoms with Crippen LogP contribution in [0.15, 0.2) is 9.13 Å². The molecule has 0 radical (unpaired) electrons. The van der Waals surface area contributed by atoms with E-state index in [0.717, 1.165) is 10.8 Å². The van der Waals surface area contributed by atoms with Crippen LogP contribution in [0.1, 0.15) is 27.7 Å². The van der Waals surface area contributed by atoms with Crippen molar-refractivity contribution in [3.05, 3.63) is 4.60 Å². The normalized spacial score (nSPS) is 22.0. The van der Waals surface area contributed by atoms with Crippen LogP contribution in [0, 0.1) is 0 Å². The van der Waals surface area contributed by atoms with E-state index < -0.39 is 15.2 Å². The monoisotopic (exact) mass is 345 g/mol. The number of halogens is 1. The Morgan fingerprint density at radius 1 is 1.05 bits per heavy atom. The highest BCUT2D eigenvalue weighted by molar-refractivity contribution is 9.10. The van der Waals surface area contributed by atoms with Gasteiger partial charge in [-0.05, 0) is 43.6 Å². The van der Waals surface area contributed by atoms with Gasteiger partial charge in [-0.25, -0.2) is 0 Å². The maximum absolute atomic E-state index is 6.10. The summed E-state index contributed by atoms with van der Waals surface area (Å²) in [6.45, 7) is 14.8. The smallest absolute Gasteiger partial charge is 0.399 e. The third kappa shape index (κ3) is 2.57. The molecule has 0 N–H and O–H groups in total. The van der Waals surface area contributed by atoms with Gasteiger partial charge < -0.3 is 13.8 Å². The lowest BCUT2D eigenvalue weighted by molar-refractivity contribution is 0.00578. The minimum atomic E-state index is -1.64. The summed E-state index contributed by atoms with van der Waals surface area (Å²) in [5, 5.41) is 4.97. The molecule has 0 amide bonds. The highest BCUT2D eigenvalue weighted by Gasteiger charge is 2.54. The van der Waals surface area contributed by atoms with Crippen molar-refractivity contribution in [2.45, 2.75) is 58.5 Å². The molecule has 7 heteroatoms. The van der Waals surface area contributed by atoms with Crippen LogP contribution in [0.4, 0.5) is 0 Å². The van der Waals surface area contributed by atoms with Crippen molar-refractivity contribution in [3.63, 3.8) is 0 Å². The second-order valence-corrected chi connectivity index (χ2v) is 12.8. The molecule has 2 rings (SSSR count). The molecule has 106 valence electrons. The Kier molecular flexibility index (Phi) is 3.58. The molecule has 0 spiro atoms. The third-order valence-corrected chi connectivity index (χ3v) is 6.15. The molecule has 0 unspecified atom stereocenters. The van der Waals surface area contributed by atoms with Crippen molar-refractivity contribution in [2.75, 3.05) is 0 Å². The summed E-state index contributed by atoms with van der Waals surface area (Å²) < 4.78 is 18.4. The average Bonchev–Trinajstić information content (AvgIpc) is 2.65. The number of hydrogen-bond acceptors (Lipinski definition) is 4. The van der Waals surface area contributed by atoms with Crippen molar-refractivity contribution in [1.29, 1.82) is 0 Å². The van der Waals surface area contributed by atoms with E-state index in [1.807, 2.05) is 27.7 Å². The predicted molar refractivity (Wildman–Crippen MR) is 82.9 cm³/mol. The lowest BCUT2D eigenvalue weighted by atomic mass is 9.82. The molecule has 4 nitrogen and oxygen atoms in total. The molecule has 1 fully saturated rings. The fraction of sp³-hybridized carbons (Fsp3) is 0.750. The van der Waals surface area contributed by atoms with Crippen LogP contribution in [0.25, 0.3) is 0 Å². The molecule has 0 aliphatic carbocycles. The zero-order valence-electron chi connectivity index (χ0n) is 12.6. The van der Waals surface area contributed by atoms with Gasteiger partial charge in [0.25, 0.3) is 0 Å². The minimum absolute atomic E-state index is 0.356. The van der Waals surface area contributed by atoms with Crippen molar-refractivity contribution < 1.29 is 13.8 Å². The molecular formula is C12H21BBrNO3Si. The molecule has 0 atom stereocenters. The van der Waals surface area contributed by atoms with Gasteiger partial charge in [-0.3, -0.25) is 0 Å². The molecule has 19 heavy (non-hydrogen) atoms. The van der Waals surface area contributed by atoms with Crippen LogP contribution in [0.5, 0.6) is 0 Å². The Hall–Kier alpha value is -0.108. The van der Waals surface area contributed by atoms with Crippen LogP contribution in [-0.2, 0) is 9.31 Å². The number of hydrogen-bond donors (Lipinski definition) is 0. The van der Waals surface area contributed by atoms with E-state index in [-0.39, 0.29) is 11.2 Å². The van der Waals surface area contributed by atoms with Crippen LogP contribution < -0.4 is 10.8 Å². The zero-order valence-corrected chi connectivity index (χ0v) is 15.2. The highest BCUT2D eigenvalue weighted by Crippen LogP contribution is 2.36. The molecule has 0 saturated carbocycles. The highest BCUT2D eigenvalue weighted by atomic mass is 79.9. The third-order valence-electron chi connectivity index (χ3n) is 3.85. The predicted octanol–water partition coefficient (Wildman–Crippen LogP) is 2.28. The van der Waals surface area contributed by atoms with Gasteiger partial charge >= 0.3 is 7.12 Å². The van der Waals surface area contributed by atoms with Crippen LogP contribution >= 0.6 is 15.9 Å². The van der Waals surface area contributed by atoms with E-state index in [1.165, 1.54) is 0 Å². The van der Waals surface area contributed by atoms with Gasteiger partial charge in [0.05, 0.1) is 16.7 Å². The van der Waals surface area contributed by atoms with E-state index in [1.54, 1.807) is 0 Å². The van der Waals surface area contributed by atoms with Crippen molar-refractivity contribution in [3.8, 4) is 0 Å². The maximum Gasteiger partial charge on any atom is 0.500 e. The number of nitrogens with zero attached hydrogens (tertiary/aromatic N) is 1. The lowest BCUT2D eigenvalue weighted by Crippen LogP contribution is -2.52. The van der Waals surface area contributed by atoms with E-state index in [4.69, 9.17) is 13.8 Å². The van der Waals surface area contributed by atoms with E-state index in [9.17, 15) is 0 Å². The van der Waals surface area contributed by atoms with Crippen molar-refractivity contribution >= 4 is 42.0 Å². The molecule has 1 aliphatic heterocycles. The SMILES string of the molecule is CC1(C)OB(c2c(Br)noc2[Si](C)(C)C)OC1(C)C. The van der Waals surface area contributed by atoms with Crippen LogP contribution in [0.3, 0.4) is 0 Å². The minimum Gasteiger partial charge on any atom is -0.399 e.